The molecule has 0 saturated carbocycles. The molecule has 0 radical (unpaired) electrons. The molecule has 0 unspecified atom stereocenters. The number of halogens is 1. The number of carbonyl (C=O) groups is 3. The number of ether oxygens (including phenoxy) is 1. The molecule has 0 bridgehead atoms. The molecule has 2 aromatic carbocycles. The number of amides is 2. The van der Waals surface area contributed by atoms with Crippen molar-refractivity contribution in [2.24, 2.45) is 5.73 Å². The lowest BCUT2D eigenvalue weighted by Crippen LogP contribution is -2.21. The van der Waals surface area contributed by atoms with Gasteiger partial charge >= 0.3 is 5.97 Å². The summed E-state index contributed by atoms with van der Waals surface area (Å²) in [6, 6.07) is 11.0. The van der Waals surface area contributed by atoms with Crippen LogP contribution in [0.15, 0.2) is 47.4 Å². The standard InChI is InChI=1S/C17H15ClN2O4S/c1-25-12-6-7-14(18)13(8-12)17(23)24-9-15(21)20-11-4-2-10(3-5-11)16(19)22/h2-8H,9H2,1H3,(H2,19,22)(H,20,21). The van der Waals surface area contributed by atoms with Crippen LogP contribution in [0.1, 0.15) is 20.7 Å². The molecule has 0 saturated heterocycles. The van der Waals surface area contributed by atoms with Crippen LogP contribution in [0.25, 0.3) is 0 Å². The van der Waals surface area contributed by atoms with Gasteiger partial charge in [-0.3, -0.25) is 9.59 Å². The van der Waals surface area contributed by atoms with Crippen LogP contribution in [-0.2, 0) is 9.53 Å². The molecule has 6 nitrogen and oxygen atoms in total. The number of anilines is 1. The molecule has 3 N–H and O–H groups in total. The zero-order chi connectivity index (χ0) is 18.4. The zero-order valence-electron chi connectivity index (χ0n) is 13.2. The van der Waals surface area contributed by atoms with Crippen LogP contribution >= 0.6 is 23.4 Å². The van der Waals surface area contributed by atoms with E-state index in [-0.39, 0.29) is 10.6 Å². The summed E-state index contributed by atoms with van der Waals surface area (Å²) in [5, 5.41) is 2.80. The summed E-state index contributed by atoms with van der Waals surface area (Å²) in [6.45, 7) is -0.462. The Morgan fingerprint density at radius 3 is 2.44 bits per heavy atom. The fraction of sp³-hybridized carbons (Fsp3) is 0.118. The lowest BCUT2D eigenvalue weighted by atomic mass is 10.2. The molecule has 0 aliphatic rings. The first-order chi connectivity index (χ1) is 11.9. The van der Waals surface area contributed by atoms with E-state index in [9.17, 15) is 14.4 Å². The number of nitrogens with two attached hydrogens (primary N) is 1. The number of rotatable bonds is 6. The van der Waals surface area contributed by atoms with E-state index >= 15 is 0 Å². The molecule has 0 aliphatic carbocycles. The van der Waals surface area contributed by atoms with Crippen molar-refractivity contribution < 1.29 is 19.1 Å². The average molecular weight is 379 g/mol. The quantitative estimate of drug-likeness (QED) is 0.594. The summed E-state index contributed by atoms with van der Waals surface area (Å²) < 4.78 is 4.99. The first-order valence-corrected chi connectivity index (χ1v) is 8.71. The number of primary amides is 1. The van der Waals surface area contributed by atoms with Crippen LogP contribution in [-0.4, -0.2) is 30.6 Å². The minimum Gasteiger partial charge on any atom is -0.452 e. The SMILES string of the molecule is CSc1ccc(Cl)c(C(=O)OCC(=O)Nc2ccc(C(N)=O)cc2)c1. The van der Waals surface area contributed by atoms with Crippen LogP contribution in [0.3, 0.4) is 0 Å². The Morgan fingerprint density at radius 1 is 1.16 bits per heavy atom. The monoisotopic (exact) mass is 378 g/mol. The number of thioether (sulfide) groups is 1. The van der Waals surface area contributed by atoms with Gasteiger partial charge in [0, 0.05) is 16.1 Å². The number of benzene rings is 2. The van der Waals surface area contributed by atoms with Gasteiger partial charge in [0.25, 0.3) is 5.91 Å². The minimum atomic E-state index is -0.680. The van der Waals surface area contributed by atoms with Crippen molar-refractivity contribution in [3.63, 3.8) is 0 Å². The second kappa shape index (κ2) is 8.55. The summed E-state index contributed by atoms with van der Waals surface area (Å²) >= 11 is 7.44. The molecule has 0 heterocycles. The number of hydrogen-bond acceptors (Lipinski definition) is 5. The Labute approximate surface area is 153 Å². The molecular weight excluding hydrogens is 364 g/mol. The van der Waals surface area contributed by atoms with Gasteiger partial charge in [0.05, 0.1) is 10.6 Å². The summed E-state index contributed by atoms with van der Waals surface area (Å²) in [5.74, 6) is -1.76. The number of carbonyl (C=O) groups excluding carboxylic acids is 3. The second-order valence-electron chi connectivity index (χ2n) is 4.91. The van der Waals surface area contributed by atoms with Crippen molar-refractivity contribution in [3.8, 4) is 0 Å². The van der Waals surface area contributed by atoms with Crippen molar-refractivity contribution in [2.45, 2.75) is 4.90 Å². The fourth-order valence-corrected chi connectivity index (χ4v) is 2.55. The molecule has 0 aromatic heterocycles. The summed E-state index contributed by atoms with van der Waals surface area (Å²) in [4.78, 5) is 35.8. The van der Waals surface area contributed by atoms with E-state index in [4.69, 9.17) is 22.1 Å². The molecule has 2 amide bonds. The van der Waals surface area contributed by atoms with E-state index in [0.29, 0.717) is 11.3 Å². The smallest absolute Gasteiger partial charge is 0.340 e. The number of nitrogens with one attached hydrogen (secondary N) is 1. The largest absolute Gasteiger partial charge is 0.452 e. The van der Waals surface area contributed by atoms with Gasteiger partial charge in [-0.2, -0.15) is 0 Å². The molecule has 0 spiro atoms. The van der Waals surface area contributed by atoms with Gasteiger partial charge < -0.3 is 15.8 Å². The third-order valence-electron chi connectivity index (χ3n) is 3.18. The van der Waals surface area contributed by atoms with E-state index in [2.05, 4.69) is 5.32 Å². The second-order valence-corrected chi connectivity index (χ2v) is 6.20. The average Bonchev–Trinajstić information content (AvgIpc) is 2.60. The number of hydrogen-bond donors (Lipinski definition) is 2. The Hall–Kier alpha value is -2.51. The first kappa shape index (κ1) is 18.8. The molecule has 2 aromatic rings. The van der Waals surface area contributed by atoms with E-state index in [1.165, 1.54) is 36.0 Å². The van der Waals surface area contributed by atoms with Crippen LogP contribution in [0.2, 0.25) is 5.02 Å². The van der Waals surface area contributed by atoms with E-state index in [1.54, 1.807) is 18.2 Å². The normalized spacial score (nSPS) is 10.2. The lowest BCUT2D eigenvalue weighted by Gasteiger charge is -2.08. The van der Waals surface area contributed by atoms with Crippen molar-refractivity contribution in [1.82, 2.24) is 0 Å². The third kappa shape index (κ3) is 5.23. The molecule has 8 heteroatoms. The maximum atomic E-state index is 12.1. The molecule has 130 valence electrons. The minimum absolute atomic E-state index is 0.201. The molecule has 0 fully saturated rings. The third-order valence-corrected chi connectivity index (χ3v) is 4.24. The van der Waals surface area contributed by atoms with Crippen molar-refractivity contribution in [1.29, 1.82) is 0 Å². The van der Waals surface area contributed by atoms with E-state index in [1.807, 2.05) is 6.26 Å². The molecule has 0 aliphatic heterocycles. The molecular formula is C17H15ClN2O4S. The molecule has 2 rings (SSSR count). The molecule has 25 heavy (non-hydrogen) atoms. The van der Waals surface area contributed by atoms with Crippen LogP contribution in [0.4, 0.5) is 5.69 Å². The highest BCUT2D eigenvalue weighted by Crippen LogP contribution is 2.23. The lowest BCUT2D eigenvalue weighted by molar-refractivity contribution is -0.119. The van der Waals surface area contributed by atoms with E-state index in [0.717, 1.165) is 4.90 Å². The van der Waals surface area contributed by atoms with Crippen molar-refractivity contribution >= 4 is 46.8 Å². The highest BCUT2D eigenvalue weighted by Gasteiger charge is 2.14. The first-order valence-electron chi connectivity index (χ1n) is 7.11. The van der Waals surface area contributed by atoms with Gasteiger partial charge in [0.2, 0.25) is 5.91 Å². The maximum absolute atomic E-state index is 12.1. The highest BCUT2D eigenvalue weighted by atomic mass is 35.5. The summed E-state index contributed by atoms with van der Waals surface area (Å²) in [7, 11) is 0. The topological polar surface area (TPSA) is 98.5 Å². The maximum Gasteiger partial charge on any atom is 0.340 e. The molecule has 0 atom stereocenters. The van der Waals surface area contributed by atoms with Gasteiger partial charge in [-0.25, -0.2) is 4.79 Å². The van der Waals surface area contributed by atoms with Crippen LogP contribution in [0.5, 0.6) is 0 Å². The number of esters is 1. The predicted octanol–water partition coefficient (Wildman–Crippen LogP) is 2.96. The van der Waals surface area contributed by atoms with Crippen molar-refractivity contribution in [2.75, 3.05) is 18.2 Å². The van der Waals surface area contributed by atoms with Crippen molar-refractivity contribution in [3.05, 3.63) is 58.6 Å². The van der Waals surface area contributed by atoms with Gasteiger partial charge in [-0.05, 0) is 48.7 Å². The summed E-state index contributed by atoms with van der Waals surface area (Å²) in [5.41, 5.74) is 6.12. The van der Waals surface area contributed by atoms with E-state index < -0.39 is 24.4 Å². The zero-order valence-corrected chi connectivity index (χ0v) is 14.8. The Kier molecular flexibility index (Phi) is 6.44. The van der Waals surface area contributed by atoms with Gasteiger partial charge in [-0.15, -0.1) is 11.8 Å². The fourth-order valence-electron chi connectivity index (χ4n) is 1.91. The van der Waals surface area contributed by atoms with Crippen LogP contribution < -0.4 is 11.1 Å². The van der Waals surface area contributed by atoms with Gasteiger partial charge in [0.15, 0.2) is 6.61 Å². The van der Waals surface area contributed by atoms with Gasteiger partial charge in [-0.1, -0.05) is 11.6 Å². The Morgan fingerprint density at radius 2 is 1.84 bits per heavy atom. The van der Waals surface area contributed by atoms with Crippen LogP contribution in [0, 0.1) is 0 Å². The van der Waals surface area contributed by atoms with Gasteiger partial charge in [0.1, 0.15) is 0 Å². The Balaban J connectivity index is 1.93. The predicted molar refractivity (Wildman–Crippen MR) is 97.1 cm³/mol. The highest BCUT2D eigenvalue weighted by molar-refractivity contribution is 7.98. The Bertz CT molecular complexity index is 809. The summed E-state index contributed by atoms with van der Waals surface area (Å²) in [6.07, 6.45) is 1.87.